The van der Waals surface area contributed by atoms with E-state index in [1.807, 2.05) is 12.1 Å². The lowest BCUT2D eigenvalue weighted by atomic mass is 10.1. The molecule has 1 aliphatic heterocycles. The van der Waals surface area contributed by atoms with Crippen molar-refractivity contribution in [2.75, 3.05) is 26.2 Å². The number of nitro groups is 1. The Hall–Kier alpha value is -2.80. The first-order valence-corrected chi connectivity index (χ1v) is 9.80. The number of nitriles is 1. The average Bonchev–Trinajstić information content (AvgIpc) is 2.69. The van der Waals surface area contributed by atoms with Crippen molar-refractivity contribution in [2.24, 2.45) is 0 Å². The SMILES string of the molecule is N#Cc1ccc(CN2CCN(S(=O)(=O)c3cccc([N+](=O)[O-])c3)CC2)cc1. The van der Waals surface area contributed by atoms with Crippen LogP contribution in [0.15, 0.2) is 53.4 Å². The van der Waals surface area contributed by atoms with Crippen LogP contribution in [0.2, 0.25) is 0 Å². The Bertz CT molecular complexity index is 975. The van der Waals surface area contributed by atoms with Crippen LogP contribution >= 0.6 is 0 Å². The van der Waals surface area contributed by atoms with Gasteiger partial charge in [0.15, 0.2) is 0 Å². The molecule has 0 saturated carbocycles. The van der Waals surface area contributed by atoms with E-state index < -0.39 is 14.9 Å². The Labute approximate surface area is 157 Å². The summed E-state index contributed by atoms with van der Waals surface area (Å²) in [5, 5.41) is 19.7. The van der Waals surface area contributed by atoms with Crippen molar-refractivity contribution in [2.45, 2.75) is 11.4 Å². The highest BCUT2D eigenvalue weighted by molar-refractivity contribution is 7.89. The first-order valence-electron chi connectivity index (χ1n) is 8.36. The summed E-state index contributed by atoms with van der Waals surface area (Å²) < 4.78 is 26.9. The molecule has 9 heteroatoms. The lowest BCUT2D eigenvalue weighted by Crippen LogP contribution is -2.48. The predicted molar refractivity (Wildman–Crippen MR) is 98.3 cm³/mol. The van der Waals surface area contributed by atoms with Gasteiger partial charge < -0.3 is 0 Å². The number of hydrogen-bond acceptors (Lipinski definition) is 6. The molecule has 0 amide bonds. The summed E-state index contributed by atoms with van der Waals surface area (Å²) in [7, 11) is -3.76. The molecule has 1 aliphatic rings. The lowest BCUT2D eigenvalue weighted by Gasteiger charge is -2.34. The van der Waals surface area contributed by atoms with Gasteiger partial charge in [0, 0.05) is 44.9 Å². The van der Waals surface area contributed by atoms with Crippen LogP contribution < -0.4 is 0 Å². The minimum atomic E-state index is -3.76. The minimum Gasteiger partial charge on any atom is -0.296 e. The van der Waals surface area contributed by atoms with Gasteiger partial charge in [-0.3, -0.25) is 15.0 Å². The smallest absolute Gasteiger partial charge is 0.270 e. The fourth-order valence-electron chi connectivity index (χ4n) is 2.98. The molecule has 0 spiro atoms. The number of sulfonamides is 1. The second-order valence-corrected chi connectivity index (χ2v) is 8.18. The molecule has 1 saturated heterocycles. The van der Waals surface area contributed by atoms with E-state index in [9.17, 15) is 18.5 Å². The zero-order valence-electron chi connectivity index (χ0n) is 14.5. The number of benzene rings is 2. The van der Waals surface area contributed by atoms with Crippen LogP contribution in [-0.2, 0) is 16.6 Å². The van der Waals surface area contributed by atoms with E-state index in [2.05, 4.69) is 11.0 Å². The summed E-state index contributed by atoms with van der Waals surface area (Å²) >= 11 is 0. The Kier molecular flexibility index (Phi) is 5.51. The van der Waals surface area contributed by atoms with Crippen LogP contribution in [0.4, 0.5) is 5.69 Å². The van der Waals surface area contributed by atoms with Gasteiger partial charge in [0.25, 0.3) is 5.69 Å². The first kappa shape index (κ1) is 19.0. The molecule has 27 heavy (non-hydrogen) atoms. The van der Waals surface area contributed by atoms with Crippen molar-refractivity contribution in [1.82, 2.24) is 9.21 Å². The van der Waals surface area contributed by atoms with Gasteiger partial charge in [-0.25, -0.2) is 8.42 Å². The number of rotatable bonds is 5. The van der Waals surface area contributed by atoms with E-state index in [4.69, 9.17) is 5.26 Å². The molecule has 0 atom stereocenters. The Balaban J connectivity index is 1.65. The average molecular weight is 386 g/mol. The van der Waals surface area contributed by atoms with Gasteiger partial charge in [0.2, 0.25) is 10.0 Å². The van der Waals surface area contributed by atoms with Crippen LogP contribution in [0.1, 0.15) is 11.1 Å². The first-order chi connectivity index (χ1) is 12.9. The molecule has 0 N–H and O–H groups in total. The van der Waals surface area contributed by atoms with E-state index in [0.717, 1.165) is 11.6 Å². The molecule has 2 aromatic rings. The number of hydrogen-bond donors (Lipinski definition) is 0. The Morgan fingerprint density at radius 1 is 1.07 bits per heavy atom. The Morgan fingerprint density at radius 3 is 2.33 bits per heavy atom. The van der Waals surface area contributed by atoms with Crippen molar-refractivity contribution in [3.63, 3.8) is 0 Å². The van der Waals surface area contributed by atoms with Crippen LogP contribution in [0, 0.1) is 21.4 Å². The summed E-state index contributed by atoms with van der Waals surface area (Å²) in [6.45, 7) is 2.45. The fraction of sp³-hybridized carbons (Fsp3) is 0.278. The van der Waals surface area contributed by atoms with Crippen molar-refractivity contribution >= 4 is 15.7 Å². The van der Waals surface area contributed by atoms with Crippen LogP contribution in [-0.4, -0.2) is 48.7 Å². The number of piperazine rings is 1. The molecule has 0 aliphatic carbocycles. The van der Waals surface area contributed by atoms with Gasteiger partial charge in [-0.05, 0) is 23.8 Å². The third-order valence-electron chi connectivity index (χ3n) is 4.49. The Morgan fingerprint density at radius 2 is 1.74 bits per heavy atom. The van der Waals surface area contributed by atoms with E-state index >= 15 is 0 Å². The lowest BCUT2D eigenvalue weighted by molar-refractivity contribution is -0.385. The molecular weight excluding hydrogens is 368 g/mol. The molecular formula is C18H18N4O4S. The van der Waals surface area contributed by atoms with E-state index in [0.29, 0.717) is 38.3 Å². The zero-order valence-corrected chi connectivity index (χ0v) is 15.3. The van der Waals surface area contributed by atoms with Gasteiger partial charge >= 0.3 is 0 Å². The van der Waals surface area contributed by atoms with Gasteiger partial charge in [0.1, 0.15) is 0 Å². The highest BCUT2D eigenvalue weighted by atomic mass is 32.2. The maximum Gasteiger partial charge on any atom is 0.270 e. The molecule has 8 nitrogen and oxygen atoms in total. The standard InChI is InChI=1S/C18H18N4O4S/c19-13-15-4-6-16(7-5-15)14-20-8-10-21(11-9-20)27(25,26)18-3-1-2-17(12-18)22(23)24/h1-7,12H,8-11,14H2. The summed E-state index contributed by atoms with van der Waals surface area (Å²) in [4.78, 5) is 12.4. The quantitative estimate of drug-likeness (QED) is 0.574. The summed E-state index contributed by atoms with van der Waals surface area (Å²) in [6, 6.07) is 14.5. The maximum atomic E-state index is 12.8. The monoisotopic (exact) mass is 386 g/mol. The summed E-state index contributed by atoms with van der Waals surface area (Å²) in [6.07, 6.45) is 0. The second-order valence-electron chi connectivity index (χ2n) is 6.24. The van der Waals surface area contributed by atoms with E-state index in [1.165, 1.54) is 22.5 Å². The summed E-state index contributed by atoms with van der Waals surface area (Å²) in [5.74, 6) is 0. The number of nitrogens with zero attached hydrogens (tertiary/aromatic N) is 4. The van der Waals surface area contributed by atoms with Gasteiger partial charge in [-0.1, -0.05) is 18.2 Å². The van der Waals surface area contributed by atoms with Gasteiger partial charge in [-0.15, -0.1) is 0 Å². The van der Waals surface area contributed by atoms with Crippen molar-refractivity contribution in [3.8, 4) is 6.07 Å². The molecule has 0 unspecified atom stereocenters. The highest BCUT2D eigenvalue weighted by Crippen LogP contribution is 2.22. The molecule has 0 aromatic heterocycles. The van der Waals surface area contributed by atoms with Gasteiger partial charge in [0.05, 0.1) is 21.5 Å². The summed E-state index contributed by atoms with van der Waals surface area (Å²) in [5.41, 5.74) is 1.42. The topological polar surface area (TPSA) is 108 Å². The maximum absolute atomic E-state index is 12.8. The number of nitro benzene ring substituents is 1. The van der Waals surface area contributed by atoms with Crippen LogP contribution in [0.3, 0.4) is 0 Å². The predicted octanol–water partition coefficient (Wildman–Crippen LogP) is 1.97. The molecule has 140 valence electrons. The normalized spacial score (nSPS) is 16.0. The van der Waals surface area contributed by atoms with Crippen LogP contribution in [0.5, 0.6) is 0 Å². The van der Waals surface area contributed by atoms with Crippen LogP contribution in [0.25, 0.3) is 0 Å². The van der Waals surface area contributed by atoms with Crippen molar-refractivity contribution in [1.29, 1.82) is 5.26 Å². The van der Waals surface area contributed by atoms with E-state index in [-0.39, 0.29) is 10.6 Å². The largest absolute Gasteiger partial charge is 0.296 e. The third kappa shape index (κ3) is 4.31. The molecule has 1 heterocycles. The van der Waals surface area contributed by atoms with Crippen molar-refractivity contribution in [3.05, 3.63) is 69.8 Å². The minimum absolute atomic E-state index is 0.0581. The highest BCUT2D eigenvalue weighted by Gasteiger charge is 2.29. The molecule has 0 radical (unpaired) electrons. The fourth-order valence-corrected chi connectivity index (χ4v) is 4.44. The zero-order chi connectivity index (χ0) is 19.4. The second kappa shape index (κ2) is 7.84. The molecule has 3 rings (SSSR count). The molecule has 0 bridgehead atoms. The number of non-ortho nitro benzene ring substituents is 1. The van der Waals surface area contributed by atoms with Crippen molar-refractivity contribution < 1.29 is 13.3 Å². The van der Waals surface area contributed by atoms with E-state index in [1.54, 1.807) is 12.1 Å². The third-order valence-corrected chi connectivity index (χ3v) is 6.38. The van der Waals surface area contributed by atoms with Gasteiger partial charge in [-0.2, -0.15) is 9.57 Å². The molecule has 2 aromatic carbocycles. The molecule has 1 fully saturated rings.